The Labute approximate surface area is 112 Å². The number of nitrogens with one attached hydrogen (secondary N) is 1. The van der Waals surface area contributed by atoms with E-state index in [4.69, 9.17) is 0 Å². The minimum atomic E-state index is -0.0974. The minimum absolute atomic E-state index is 0.0858. The highest BCUT2D eigenvalue weighted by Crippen LogP contribution is 2.49. The monoisotopic (exact) mass is 251 g/mol. The maximum Gasteiger partial charge on any atom is 0.0621 e. The number of aliphatic hydroxyl groups excluding tert-OH is 1. The molecule has 2 heteroatoms. The second-order valence-corrected chi connectivity index (χ2v) is 7.77. The lowest BCUT2D eigenvalue weighted by Gasteiger charge is -2.52. The molecule has 0 radical (unpaired) electrons. The fourth-order valence-electron chi connectivity index (χ4n) is 4.49. The molecule has 0 aromatic heterocycles. The van der Waals surface area contributed by atoms with Gasteiger partial charge >= 0.3 is 0 Å². The molecule has 2 nitrogen and oxygen atoms in total. The van der Waals surface area contributed by atoms with Crippen LogP contribution in [0.5, 0.6) is 0 Å². The molecule has 3 aliphatic carbocycles. The van der Waals surface area contributed by atoms with Crippen molar-refractivity contribution in [2.75, 3.05) is 0 Å². The quantitative estimate of drug-likeness (QED) is 0.789. The van der Waals surface area contributed by atoms with Crippen LogP contribution >= 0.6 is 0 Å². The van der Waals surface area contributed by atoms with Crippen LogP contribution in [-0.2, 0) is 0 Å². The Hall–Kier alpha value is -0.0800. The lowest BCUT2D eigenvalue weighted by Crippen LogP contribution is -2.62. The summed E-state index contributed by atoms with van der Waals surface area (Å²) in [6.07, 6.45) is 12.4. The van der Waals surface area contributed by atoms with Gasteiger partial charge in [-0.3, -0.25) is 0 Å². The molecule has 0 aromatic carbocycles. The molecule has 0 aromatic rings. The minimum Gasteiger partial charge on any atom is -0.392 e. The van der Waals surface area contributed by atoms with Crippen LogP contribution in [-0.4, -0.2) is 23.3 Å². The lowest BCUT2D eigenvalue weighted by molar-refractivity contribution is -0.0782. The van der Waals surface area contributed by atoms with Gasteiger partial charge in [-0.05, 0) is 50.4 Å². The second kappa shape index (κ2) is 4.49. The van der Waals surface area contributed by atoms with Crippen molar-refractivity contribution in [2.24, 2.45) is 10.8 Å². The molecule has 1 spiro atoms. The van der Waals surface area contributed by atoms with E-state index in [1.807, 2.05) is 0 Å². The zero-order valence-corrected chi connectivity index (χ0v) is 12.0. The molecule has 2 unspecified atom stereocenters. The number of rotatable bonds is 2. The summed E-state index contributed by atoms with van der Waals surface area (Å²) in [6.45, 7) is 4.39. The molecule has 3 aliphatic rings. The Morgan fingerprint density at radius 3 is 2.11 bits per heavy atom. The van der Waals surface area contributed by atoms with Crippen molar-refractivity contribution in [1.29, 1.82) is 0 Å². The summed E-state index contributed by atoms with van der Waals surface area (Å²) in [4.78, 5) is 0. The molecular weight excluding hydrogens is 222 g/mol. The van der Waals surface area contributed by atoms with E-state index in [1.54, 1.807) is 0 Å². The van der Waals surface area contributed by atoms with Crippen LogP contribution in [0.25, 0.3) is 0 Å². The average Bonchev–Trinajstić information content (AvgIpc) is 2.80. The molecule has 2 atom stereocenters. The molecular formula is C16H29NO. The van der Waals surface area contributed by atoms with Crippen LogP contribution in [0.15, 0.2) is 0 Å². The van der Waals surface area contributed by atoms with Crippen molar-refractivity contribution < 1.29 is 5.11 Å². The molecule has 0 heterocycles. The highest BCUT2D eigenvalue weighted by atomic mass is 16.3. The van der Waals surface area contributed by atoms with Crippen molar-refractivity contribution in [3.05, 3.63) is 0 Å². The molecule has 3 saturated carbocycles. The highest BCUT2D eigenvalue weighted by Gasteiger charge is 2.48. The largest absolute Gasteiger partial charge is 0.392 e. The van der Waals surface area contributed by atoms with E-state index in [2.05, 4.69) is 19.2 Å². The summed E-state index contributed by atoms with van der Waals surface area (Å²) in [5.41, 5.74) is 0.829. The Balaban J connectivity index is 1.49. The SMILES string of the molecule is CC1(C)C(O)CC1NC1CCC2(CCCC2)CC1. The standard InChI is InChI=1S/C16H29NO/c1-15(2)13(11-14(15)18)17-12-5-9-16(10-6-12)7-3-4-8-16/h12-14,17-18H,3-11H2,1-2H3. The van der Waals surface area contributed by atoms with Gasteiger partial charge in [0.1, 0.15) is 0 Å². The first-order valence-corrected chi connectivity index (χ1v) is 7.96. The van der Waals surface area contributed by atoms with Gasteiger partial charge in [-0.2, -0.15) is 0 Å². The number of hydrogen-bond acceptors (Lipinski definition) is 2. The van der Waals surface area contributed by atoms with Crippen LogP contribution in [0.4, 0.5) is 0 Å². The van der Waals surface area contributed by atoms with Crippen molar-refractivity contribution in [3.8, 4) is 0 Å². The van der Waals surface area contributed by atoms with E-state index in [0.717, 1.165) is 11.8 Å². The van der Waals surface area contributed by atoms with Gasteiger partial charge in [-0.15, -0.1) is 0 Å². The van der Waals surface area contributed by atoms with Crippen LogP contribution in [0.3, 0.4) is 0 Å². The van der Waals surface area contributed by atoms with Crippen LogP contribution in [0.1, 0.15) is 71.6 Å². The van der Waals surface area contributed by atoms with E-state index in [-0.39, 0.29) is 11.5 Å². The van der Waals surface area contributed by atoms with E-state index in [0.29, 0.717) is 12.1 Å². The average molecular weight is 251 g/mol. The van der Waals surface area contributed by atoms with Crippen LogP contribution in [0.2, 0.25) is 0 Å². The predicted octanol–water partition coefficient (Wildman–Crippen LogP) is 3.24. The van der Waals surface area contributed by atoms with E-state index in [9.17, 15) is 5.11 Å². The first-order valence-electron chi connectivity index (χ1n) is 7.96. The van der Waals surface area contributed by atoms with E-state index < -0.39 is 0 Å². The smallest absolute Gasteiger partial charge is 0.0621 e. The zero-order valence-electron chi connectivity index (χ0n) is 12.0. The van der Waals surface area contributed by atoms with Gasteiger partial charge in [0.15, 0.2) is 0 Å². The third-order valence-electron chi connectivity index (χ3n) is 6.36. The van der Waals surface area contributed by atoms with Crippen LogP contribution in [0, 0.1) is 10.8 Å². The van der Waals surface area contributed by atoms with Crippen molar-refractivity contribution in [1.82, 2.24) is 5.32 Å². The molecule has 0 aliphatic heterocycles. The Kier molecular flexibility index (Phi) is 3.22. The molecule has 3 fully saturated rings. The summed E-state index contributed by atoms with van der Waals surface area (Å²) in [5.74, 6) is 0. The summed E-state index contributed by atoms with van der Waals surface area (Å²) in [6, 6.07) is 1.25. The summed E-state index contributed by atoms with van der Waals surface area (Å²) in [5, 5.41) is 13.6. The second-order valence-electron chi connectivity index (χ2n) is 7.77. The van der Waals surface area contributed by atoms with Gasteiger partial charge in [0, 0.05) is 17.5 Å². The molecule has 0 bridgehead atoms. The first kappa shape index (κ1) is 12.9. The Morgan fingerprint density at radius 1 is 1.00 bits per heavy atom. The molecule has 18 heavy (non-hydrogen) atoms. The first-order chi connectivity index (χ1) is 8.52. The molecule has 3 rings (SSSR count). The van der Waals surface area contributed by atoms with Crippen LogP contribution < -0.4 is 5.32 Å². The fraction of sp³-hybridized carbons (Fsp3) is 1.00. The third-order valence-corrected chi connectivity index (χ3v) is 6.36. The van der Waals surface area contributed by atoms with Gasteiger partial charge < -0.3 is 10.4 Å². The zero-order chi connectivity index (χ0) is 12.8. The highest BCUT2D eigenvalue weighted by molar-refractivity contribution is 5.03. The molecule has 2 N–H and O–H groups in total. The summed E-state index contributed by atoms with van der Waals surface area (Å²) < 4.78 is 0. The van der Waals surface area contributed by atoms with Crippen molar-refractivity contribution in [2.45, 2.75) is 89.8 Å². The lowest BCUT2D eigenvalue weighted by atomic mass is 9.63. The predicted molar refractivity (Wildman–Crippen MR) is 74.5 cm³/mol. The fourth-order valence-corrected chi connectivity index (χ4v) is 4.49. The van der Waals surface area contributed by atoms with E-state index in [1.165, 1.54) is 51.4 Å². The van der Waals surface area contributed by atoms with Crippen molar-refractivity contribution >= 4 is 0 Å². The van der Waals surface area contributed by atoms with Gasteiger partial charge in [0.2, 0.25) is 0 Å². The van der Waals surface area contributed by atoms with Gasteiger partial charge in [-0.25, -0.2) is 0 Å². The Bertz CT molecular complexity index is 296. The maximum absolute atomic E-state index is 9.80. The van der Waals surface area contributed by atoms with E-state index >= 15 is 0 Å². The third kappa shape index (κ3) is 2.12. The van der Waals surface area contributed by atoms with Crippen molar-refractivity contribution in [3.63, 3.8) is 0 Å². The maximum atomic E-state index is 9.80. The number of hydrogen-bond donors (Lipinski definition) is 2. The Morgan fingerprint density at radius 2 is 1.61 bits per heavy atom. The summed E-state index contributed by atoms with van der Waals surface area (Å²) >= 11 is 0. The van der Waals surface area contributed by atoms with Gasteiger partial charge in [-0.1, -0.05) is 26.7 Å². The van der Waals surface area contributed by atoms with Gasteiger partial charge in [0.05, 0.1) is 6.10 Å². The number of aliphatic hydroxyl groups is 1. The molecule has 0 amide bonds. The normalized spacial score (nSPS) is 38.8. The van der Waals surface area contributed by atoms with Gasteiger partial charge in [0.25, 0.3) is 0 Å². The summed E-state index contributed by atoms with van der Waals surface area (Å²) in [7, 11) is 0. The topological polar surface area (TPSA) is 32.3 Å². The molecule has 104 valence electrons. The molecule has 0 saturated heterocycles.